The molecule has 3 aromatic heterocycles. The molecule has 12 rings (SSSR count). The van der Waals surface area contributed by atoms with Gasteiger partial charge in [-0.1, -0.05) is 133 Å². The van der Waals surface area contributed by atoms with Crippen molar-refractivity contribution in [3.05, 3.63) is 240 Å². The summed E-state index contributed by atoms with van der Waals surface area (Å²) in [6.07, 6.45) is 10.7. The van der Waals surface area contributed by atoms with E-state index in [0.29, 0.717) is 17.5 Å². The maximum atomic E-state index is 12.4. The van der Waals surface area contributed by atoms with Crippen molar-refractivity contribution in [3.63, 3.8) is 0 Å². The number of carbonyl (C=O) groups is 1. The highest BCUT2D eigenvalue weighted by atomic mass is 32.2. The molecule has 0 aliphatic rings. The lowest BCUT2D eigenvalue weighted by Gasteiger charge is -2.09. The first-order valence-electron chi connectivity index (χ1n) is 27.5. The number of aromatic hydroxyl groups is 1. The Hall–Kier alpha value is -9.74. The molecule has 0 aliphatic heterocycles. The van der Waals surface area contributed by atoms with Crippen molar-refractivity contribution in [2.45, 2.75) is 44.7 Å². The molecule has 460 valence electrons. The molecule has 0 unspecified atom stereocenters. The number of alkyl halides is 9. The first-order chi connectivity index (χ1) is 43.5. The zero-order valence-electron chi connectivity index (χ0n) is 47.5. The van der Waals surface area contributed by atoms with Crippen LogP contribution in [-0.2, 0) is 11.4 Å². The second-order valence-electron chi connectivity index (χ2n) is 20.0. The topological polar surface area (TPSA) is 156 Å². The zero-order valence-corrected chi connectivity index (χ0v) is 49.9. The quantitative estimate of drug-likeness (QED) is 0.0461. The van der Waals surface area contributed by atoms with Crippen LogP contribution in [0.2, 0.25) is 0 Å². The summed E-state index contributed by atoms with van der Waals surface area (Å²) in [4.78, 5) is 35.2. The first kappa shape index (κ1) is 64.3. The van der Waals surface area contributed by atoms with Gasteiger partial charge in [0.2, 0.25) is 5.91 Å². The molecule has 0 fully saturated rings. The van der Waals surface area contributed by atoms with E-state index in [4.69, 9.17) is 0 Å². The van der Waals surface area contributed by atoms with Crippen molar-refractivity contribution in [3.8, 4) is 39.1 Å². The van der Waals surface area contributed by atoms with Gasteiger partial charge in [0.15, 0.2) is 0 Å². The number of nitrogens with zero attached hydrogens (tertiary/aromatic N) is 3. The number of halogens is 9. The van der Waals surface area contributed by atoms with Gasteiger partial charge in [-0.3, -0.25) is 4.79 Å². The van der Waals surface area contributed by atoms with E-state index in [9.17, 15) is 54.5 Å². The minimum atomic E-state index is -4.30. The highest BCUT2D eigenvalue weighted by Gasteiger charge is 2.30. The number of aliphatic hydroxyl groups is 1. The summed E-state index contributed by atoms with van der Waals surface area (Å²) in [7, 11) is 0. The van der Waals surface area contributed by atoms with Crippen molar-refractivity contribution in [2.24, 2.45) is 0 Å². The van der Waals surface area contributed by atoms with Gasteiger partial charge in [0, 0.05) is 38.4 Å². The average Bonchev–Trinajstić information content (AvgIpc) is 1.79. The molecule has 6 N–H and O–H groups in total. The number of H-pyrrole nitrogens is 3. The molecule has 9 aromatic carbocycles. The highest BCUT2D eigenvalue weighted by Crippen LogP contribution is 2.40. The molecular formula is C69H50F9N7O3S3. The minimum Gasteiger partial charge on any atom is -0.507 e. The highest BCUT2D eigenvalue weighted by molar-refractivity contribution is 8.00. The number of amides is 1. The number of fused-ring (bicyclic) bond motifs is 3. The minimum absolute atomic E-state index is 0.0363. The van der Waals surface area contributed by atoms with Crippen molar-refractivity contribution in [1.29, 1.82) is 0 Å². The first-order valence-corrected chi connectivity index (χ1v) is 30.0. The SMILES string of the molecule is CC(=O)Nc1ccccc1-c1ccc2nc(/C=C/c3ccc(SC(F)(F)F)cc3)[nH]c2c1.OCc1ccccc1-c1ccc2nc(/C=C/c3ccc(SC(F)(F)F)cc3)[nH]c2c1.Oc1ccccc1-c1ccc2nc(/C=C/c3ccc(SC(F)(F)F)cc3)[nH]c2c1. The Labute approximate surface area is 527 Å². The molecule has 22 heteroatoms. The molecule has 0 bridgehead atoms. The van der Waals surface area contributed by atoms with Crippen molar-refractivity contribution in [2.75, 3.05) is 5.32 Å². The molecule has 0 saturated carbocycles. The number of phenolic OH excluding ortho intramolecular Hbond substituents is 1. The predicted molar refractivity (Wildman–Crippen MR) is 348 cm³/mol. The van der Waals surface area contributed by atoms with E-state index in [0.717, 1.165) is 94.4 Å². The number of benzene rings is 9. The molecule has 0 aliphatic carbocycles. The Balaban J connectivity index is 0.000000150. The number of carbonyl (C=O) groups excluding carboxylic acids is 1. The molecule has 1 amide bonds. The third-order valence-corrected chi connectivity index (χ3v) is 15.6. The van der Waals surface area contributed by atoms with Crippen molar-refractivity contribution in [1.82, 2.24) is 29.9 Å². The van der Waals surface area contributed by atoms with E-state index < -0.39 is 16.5 Å². The molecule has 0 radical (unpaired) electrons. The van der Waals surface area contributed by atoms with Crippen molar-refractivity contribution >= 4 is 116 Å². The van der Waals surface area contributed by atoms with Gasteiger partial charge in [0.25, 0.3) is 0 Å². The summed E-state index contributed by atoms with van der Waals surface area (Å²) < 4.78 is 112. The Morgan fingerprint density at radius 2 is 0.780 bits per heavy atom. The van der Waals surface area contributed by atoms with Crippen LogP contribution in [0, 0.1) is 0 Å². The Morgan fingerprint density at radius 1 is 0.440 bits per heavy atom. The molecule has 0 saturated heterocycles. The van der Waals surface area contributed by atoms with Gasteiger partial charge in [-0.25, -0.2) is 15.0 Å². The molecule has 10 nitrogen and oxygen atoms in total. The van der Waals surface area contributed by atoms with E-state index in [2.05, 4.69) is 35.2 Å². The van der Waals surface area contributed by atoms with Crippen LogP contribution in [-0.4, -0.2) is 62.5 Å². The number of hydrogen-bond acceptors (Lipinski definition) is 9. The van der Waals surface area contributed by atoms with Crippen LogP contribution in [0.4, 0.5) is 45.2 Å². The van der Waals surface area contributed by atoms with Gasteiger partial charge in [-0.05, 0) is 183 Å². The van der Waals surface area contributed by atoms with Crippen LogP contribution in [0.25, 0.3) is 103 Å². The van der Waals surface area contributed by atoms with E-state index in [-0.39, 0.29) is 68.2 Å². The van der Waals surface area contributed by atoms with Gasteiger partial charge in [0.05, 0.1) is 39.7 Å². The summed E-state index contributed by atoms with van der Waals surface area (Å²) in [6.45, 7) is 1.43. The molecule has 0 atom stereocenters. The van der Waals surface area contributed by atoms with Crippen LogP contribution in [0.3, 0.4) is 0 Å². The Kier molecular flexibility index (Phi) is 20.0. The number of anilines is 1. The van der Waals surface area contributed by atoms with Gasteiger partial charge in [-0.15, -0.1) is 0 Å². The second-order valence-corrected chi connectivity index (χ2v) is 23.4. The summed E-state index contributed by atoms with van der Waals surface area (Å²) in [5, 5.41) is 22.4. The lowest BCUT2D eigenvalue weighted by Crippen LogP contribution is -2.06. The summed E-state index contributed by atoms with van der Waals surface area (Å²) in [5.41, 5.74) is 1.25. The largest absolute Gasteiger partial charge is 0.507 e. The average molecular weight is 1290 g/mol. The number of rotatable bonds is 14. The number of aliphatic hydroxyl groups excluding tert-OH is 1. The number of aromatic amines is 3. The number of hydrogen-bond donors (Lipinski definition) is 6. The molecular weight excluding hydrogens is 1240 g/mol. The van der Waals surface area contributed by atoms with E-state index in [1.807, 2.05) is 115 Å². The van der Waals surface area contributed by atoms with E-state index in [1.165, 1.54) is 43.3 Å². The number of phenols is 1. The number of para-hydroxylation sites is 2. The molecule has 3 heterocycles. The fourth-order valence-corrected chi connectivity index (χ4v) is 11.0. The van der Waals surface area contributed by atoms with Gasteiger partial charge in [-0.2, -0.15) is 39.5 Å². The van der Waals surface area contributed by atoms with Crippen molar-refractivity contribution < 1.29 is 54.5 Å². The van der Waals surface area contributed by atoms with E-state index >= 15 is 0 Å². The van der Waals surface area contributed by atoms with E-state index in [1.54, 1.807) is 85.0 Å². The maximum absolute atomic E-state index is 12.4. The number of imidazole rings is 3. The summed E-state index contributed by atoms with van der Waals surface area (Å²) in [5.74, 6) is 1.96. The number of thioether (sulfide) groups is 3. The smallest absolute Gasteiger partial charge is 0.446 e. The van der Waals surface area contributed by atoms with Crippen LogP contribution >= 0.6 is 35.3 Å². The predicted octanol–water partition coefficient (Wildman–Crippen LogP) is 20.2. The van der Waals surface area contributed by atoms with Crippen LogP contribution in [0.15, 0.2) is 215 Å². The van der Waals surface area contributed by atoms with Gasteiger partial charge < -0.3 is 30.5 Å². The molecule has 12 aromatic rings. The second kappa shape index (κ2) is 28.4. The molecule has 0 spiro atoms. The lowest BCUT2D eigenvalue weighted by atomic mass is 10.00. The van der Waals surface area contributed by atoms with Gasteiger partial charge in [0.1, 0.15) is 23.2 Å². The van der Waals surface area contributed by atoms with Crippen LogP contribution in [0.1, 0.15) is 46.7 Å². The lowest BCUT2D eigenvalue weighted by molar-refractivity contribution is -0.114. The Bertz CT molecular complexity index is 4600. The third kappa shape index (κ3) is 18.2. The summed E-state index contributed by atoms with van der Waals surface area (Å²) in [6, 6.07) is 58.1. The molecule has 91 heavy (non-hydrogen) atoms. The monoisotopic (exact) mass is 1290 g/mol. The number of nitrogens with one attached hydrogen (secondary N) is 4. The number of aromatic nitrogens is 6. The fraction of sp³-hybridized carbons (Fsp3) is 0.0725. The normalized spacial score (nSPS) is 12.0. The van der Waals surface area contributed by atoms with Crippen LogP contribution < -0.4 is 5.32 Å². The Morgan fingerprint density at radius 3 is 1.15 bits per heavy atom. The zero-order chi connectivity index (χ0) is 64.3. The standard InChI is InChI=1S/C24H18F3N3OS.C23H17F3N2OS.C22H15F3N2OS/c1-15(31)28-20-5-3-2-4-19(20)17-9-12-21-22(14-17)30-23(29-21)13-8-16-6-10-18(11-7-16)32-24(25,26)27;24-23(25,26)30-18-9-5-15(6-10-18)7-12-22-27-20-11-8-16(13-21(20)28-22)19-4-2-1-3-17(19)14-29;23-22(24,25)29-16-9-5-14(6-10-16)7-12-21-26-18-11-8-15(13-19(18)27-21)17-3-1-2-4-20(17)28/h2-14H,1H3,(H,28,31)(H,29,30);1-13,29H,14H2,(H,27,28);1-13,28H,(H,26,27)/b13-8+;2*12-7+. The fourth-order valence-electron chi connectivity index (χ4n) is 9.39. The summed E-state index contributed by atoms with van der Waals surface area (Å²) >= 11 is -0.398. The van der Waals surface area contributed by atoms with Gasteiger partial charge >= 0.3 is 16.5 Å². The van der Waals surface area contributed by atoms with Crippen LogP contribution in [0.5, 0.6) is 5.75 Å². The maximum Gasteiger partial charge on any atom is 0.446 e. The third-order valence-electron chi connectivity index (χ3n) is 13.4.